The van der Waals surface area contributed by atoms with Crippen molar-refractivity contribution in [3.05, 3.63) is 18.3 Å². The highest BCUT2D eigenvalue weighted by Gasteiger charge is 2.09. The number of hydrogen-bond donors (Lipinski definition) is 3. The molecule has 1 saturated heterocycles. The molecule has 1 aliphatic rings. The molecule has 1 fully saturated rings. The molecule has 0 unspecified atom stereocenters. The first kappa shape index (κ1) is 14.7. The summed E-state index contributed by atoms with van der Waals surface area (Å²) in [5.41, 5.74) is 6.15. The van der Waals surface area contributed by atoms with Crippen molar-refractivity contribution in [2.24, 2.45) is 5.73 Å². The van der Waals surface area contributed by atoms with Crippen LogP contribution in [0.15, 0.2) is 18.3 Å². The zero-order valence-corrected chi connectivity index (χ0v) is 11.5. The number of amides is 1. The van der Waals surface area contributed by atoms with Crippen molar-refractivity contribution in [2.75, 3.05) is 56.6 Å². The van der Waals surface area contributed by atoms with Crippen LogP contribution in [0.5, 0.6) is 0 Å². The van der Waals surface area contributed by atoms with Gasteiger partial charge in [0.05, 0.1) is 31.6 Å². The van der Waals surface area contributed by atoms with Gasteiger partial charge in [-0.25, -0.2) is 4.98 Å². The zero-order chi connectivity index (χ0) is 14.2. The number of aromatic nitrogens is 1. The number of carbonyl (C=O) groups is 1. The number of nitrogens with zero attached hydrogens (tertiary/aromatic N) is 2. The van der Waals surface area contributed by atoms with Crippen LogP contribution >= 0.6 is 0 Å². The average molecular weight is 279 g/mol. The second kappa shape index (κ2) is 7.78. The van der Waals surface area contributed by atoms with Crippen LogP contribution in [0.4, 0.5) is 11.5 Å². The van der Waals surface area contributed by atoms with E-state index < -0.39 is 0 Å². The summed E-state index contributed by atoms with van der Waals surface area (Å²) >= 11 is 0. The second-order valence-corrected chi connectivity index (χ2v) is 4.57. The highest BCUT2D eigenvalue weighted by molar-refractivity contribution is 5.91. The Hall–Kier alpha value is -1.70. The number of anilines is 2. The molecule has 1 aliphatic heterocycles. The van der Waals surface area contributed by atoms with Crippen LogP contribution in [0.2, 0.25) is 0 Å². The molecule has 1 amide bonds. The van der Waals surface area contributed by atoms with Gasteiger partial charge >= 0.3 is 0 Å². The first-order chi connectivity index (χ1) is 9.78. The van der Waals surface area contributed by atoms with Crippen molar-refractivity contribution in [3.63, 3.8) is 0 Å². The lowest BCUT2D eigenvalue weighted by Crippen LogP contribution is -2.39. The summed E-state index contributed by atoms with van der Waals surface area (Å²) in [7, 11) is 0. The van der Waals surface area contributed by atoms with E-state index in [4.69, 9.17) is 10.5 Å². The van der Waals surface area contributed by atoms with E-state index in [0.29, 0.717) is 5.82 Å². The number of rotatable bonds is 6. The van der Waals surface area contributed by atoms with Crippen molar-refractivity contribution < 1.29 is 9.53 Å². The summed E-state index contributed by atoms with van der Waals surface area (Å²) in [5, 5.41) is 5.91. The summed E-state index contributed by atoms with van der Waals surface area (Å²) in [4.78, 5) is 17.6. The molecule has 7 nitrogen and oxygen atoms in total. The fraction of sp³-hybridized carbons (Fsp3) is 0.538. The second-order valence-electron chi connectivity index (χ2n) is 4.57. The van der Waals surface area contributed by atoms with Crippen molar-refractivity contribution >= 4 is 17.4 Å². The minimum absolute atomic E-state index is 0.0404. The number of hydrogen-bond acceptors (Lipinski definition) is 6. The number of pyridine rings is 1. The smallest absolute Gasteiger partial charge is 0.239 e. The van der Waals surface area contributed by atoms with Gasteiger partial charge in [0.25, 0.3) is 0 Å². The fourth-order valence-corrected chi connectivity index (χ4v) is 1.95. The van der Waals surface area contributed by atoms with Crippen LogP contribution in [-0.2, 0) is 9.53 Å². The van der Waals surface area contributed by atoms with Gasteiger partial charge < -0.3 is 21.1 Å². The minimum atomic E-state index is -0.245. The van der Waals surface area contributed by atoms with Crippen LogP contribution in [0.3, 0.4) is 0 Å². The largest absolute Gasteiger partial charge is 0.383 e. The van der Waals surface area contributed by atoms with Gasteiger partial charge in [0, 0.05) is 26.2 Å². The molecule has 4 N–H and O–H groups in total. The topological polar surface area (TPSA) is 92.5 Å². The molecule has 0 bridgehead atoms. The summed E-state index contributed by atoms with van der Waals surface area (Å²) in [6.45, 7) is 5.41. The van der Waals surface area contributed by atoms with E-state index >= 15 is 0 Å². The fourth-order valence-electron chi connectivity index (χ4n) is 1.95. The predicted molar refractivity (Wildman–Crippen MR) is 77.7 cm³/mol. The number of nitrogens with two attached hydrogens (primary N) is 1. The van der Waals surface area contributed by atoms with E-state index in [1.54, 1.807) is 12.3 Å². The van der Waals surface area contributed by atoms with Gasteiger partial charge in [-0.2, -0.15) is 0 Å². The lowest BCUT2D eigenvalue weighted by Gasteiger charge is -2.26. The number of morpholine rings is 1. The number of nitrogens with one attached hydrogen (secondary N) is 2. The molecule has 0 atom stereocenters. The lowest BCUT2D eigenvalue weighted by molar-refractivity contribution is -0.114. The Bertz CT molecular complexity index is 417. The van der Waals surface area contributed by atoms with E-state index in [-0.39, 0.29) is 12.5 Å². The molecule has 20 heavy (non-hydrogen) atoms. The Labute approximate surface area is 118 Å². The molecule has 0 aromatic carbocycles. The molecule has 7 heteroatoms. The lowest BCUT2D eigenvalue weighted by atomic mass is 10.3. The Kier molecular flexibility index (Phi) is 5.72. The van der Waals surface area contributed by atoms with E-state index in [1.807, 2.05) is 6.07 Å². The molecule has 1 aromatic rings. The summed E-state index contributed by atoms with van der Waals surface area (Å²) in [5.74, 6) is 0.268. The van der Waals surface area contributed by atoms with E-state index in [2.05, 4.69) is 20.5 Å². The van der Waals surface area contributed by atoms with Crippen molar-refractivity contribution in [1.29, 1.82) is 0 Å². The standard InChI is InChI=1S/C13H21N5O2/c14-9-13(19)17-12-2-1-11(10-16-12)15-3-4-18-5-7-20-8-6-18/h1-2,10,15H,3-9,14H2,(H,16,17,19). The Morgan fingerprint density at radius 1 is 1.40 bits per heavy atom. The molecule has 2 rings (SSSR count). The van der Waals surface area contributed by atoms with E-state index in [0.717, 1.165) is 45.1 Å². The molecule has 110 valence electrons. The summed E-state index contributed by atoms with van der Waals surface area (Å²) < 4.78 is 5.30. The van der Waals surface area contributed by atoms with Crippen LogP contribution in [0, 0.1) is 0 Å². The molecule has 0 spiro atoms. The van der Waals surface area contributed by atoms with Crippen molar-refractivity contribution in [3.8, 4) is 0 Å². The van der Waals surface area contributed by atoms with Gasteiger partial charge in [0.2, 0.25) is 5.91 Å². The monoisotopic (exact) mass is 279 g/mol. The maximum atomic E-state index is 11.1. The van der Waals surface area contributed by atoms with Gasteiger partial charge in [-0.3, -0.25) is 9.69 Å². The Balaban J connectivity index is 1.71. The first-order valence-electron chi connectivity index (χ1n) is 6.78. The average Bonchev–Trinajstić information content (AvgIpc) is 2.50. The van der Waals surface area contributed by atoms with Crippen LogP contribution in [0.25, 0.3) is 0 Å². The normalized spacial score (nSPS) is 15.8. The van der Waals surface area contributed by atoms with Gasteiger partial charge in [0.15, 0.2) is 0 Å². The maximum absolute atomic E-state index is 11.1. The predicted octanol–water partition coefficient (Wildman–Crippen LogP) is -0.277. The van der Waals surface area contributed by atoms with Crippen LogP contribution in [0.1, 0.15) is 0 Å². The van der Waals surface area contributed by atoms with Gasteiger partial charge in [0.1, 0.15) is 5.82 Å². The zero-order valence-electron chi connectivity index (χ0n) is 11.5. The number of carbonyl (C=O) groups excluding carboxylic acids is 1. The van der Waals surface area contributed by atoms with E-state index in [9.17, 15) is 4.79 Å². The molecule has 2 heterocycles. The third-order valence-electron chi connectivity index (χ3n) is 3.08. The van der Waals surface area contributed by atoms with Gasteiger partial charge in [-0.05, 0) is 12.1 Å². The highest BCUT2D eigenvalue weighted by atomic mass is 16.5. The molecule has 0 radical (unpaired) electrons. The summed E-state index contributed by atoms with van der Waals surface area (Å²) in [6, 6.07) is 3.64. The molecule has 0 aliphatic carbocycles. The SMILES string of the molecule is NCC(=O)Nc1ccc(NCCN2CCOCC2)cn1. The van der Waals surface area contributed by atoms with Crippen molar-refractivity contribution in [2.45, 2.75) is 0 Å². The Morgan fingerprint density at radius 3 is 2.85 bits per heavy atom. The third-order valence-corrected chi connectivity index (χ3v) is 3.08. The first-order valence-corrected chi connectivity index (χ1v) is 6.78. The quantitative estimate of drug-likeness (QED) is 0.663. The van der Waals surface area contributed by atoms with Crippen LogP contribution in [-0.4, -0.2) is 61.7 Å². The molecular formula is C13H21N5O2. The Morgan fingerprint density at radius 2 is 2.20 bits per heavy atom. The summed E-state index contributed by atoms with van der Waals surface area (Å²) in [6.07, 6.45) is 1.70. The van der Waals surface area contributed by atoms with E-state index in [1.165, 1.54) is 0 Å². The van der Waals surface area contributed by atoms with Gasteiger partial charge in [-0.1, -0.05) is 0 Å². The van der Waals surface area contributed by atoms with Gasteiger partial charge in [-0.15, -0.1) is 0 Å². The van der Waals surface area contributed by atoms with Crippen LogP contribution < -0.4 is 16.4 Å². The molecule has 1 aromatic heterocycles. The number of ether oxygens (including phenoxy) is 1. The minimum Gasteiger partial charge on any atom is -0.383 e. The van der Waals surface area contributed by atoms with Crippen molar-refractivity contribution in [1.82, 2.24) is 9.88 Å². The maximum Gasteiger partial charge on any atom is 0.239 e. The highest BCUT2D eigenvalue weighted by Crippen LogP contribution is 2.09. The third kappa shape index (κ3) is 4.76. The molecular weight excluding hydrogens is 258 g/mol. The molecule has 0 saturated carbocycles.